The van der Waals surface area contributed by atoms with E-state index < -0.39 is 21.5 Å². The minimum absolute atomic E-state index is 0.164. The Morgan fingerprint density at radius 3 is 2.62 bits per heavy atom. The SMILES string of the molecule is COOOSCS(=O)(=O)Oc1ccc(C2OCC3(CCCCC3)O2)cc1. The van der Waals surface area contributed by atoms with Gasteiger partial charge in [0.15, 0.2) is 11.4 Å². The maximum absolute atomic E-state index is 11.8. The Bertz CT molecular complexity index is 670. The third-order valence-electron chi connectivity index (χ3n) is 4.33. The molecule has 1 heterocycles. The summed E-state index contributed by atoms with van der Waals surface area (Å²) in [7, 11) is -2.59. The second-order valence-corrected chi connectivity index (χ2v) is 8.85. The van der Waals surface area contributed by atoms with Gasteiger partial charge in [-0.15, -0.1) is 4.33 Å². The van der Waals surface area contributed by atoms with Gasteiger partial charge in [-0.05, 0) is 25.0 Å². The minimum Gasteiger partial charge on any atom is -0.382 e. The van der Waals surface area contributed by atoms with Crippen LogP contribution in [0.5, 0.6) is 5.75 Å². The monoisotopic (exact) mass is 406 g/mol. The Morgan fingerprint density at radius 1 is 1.19 bits per heavy atom. The van der Waals surface area contributed by atoms with Gasteiger partial charge >= 0.3 is 10.1 Å². The third-order valence-corrected chi connectivity index (χ3v) is 6.47. The molecule has 0 amide bonds. The lowest BCUT2D eigenvalue weighted by atomic mass is 9.85. The molecule has 8 nitrogen and oxygen atoms in total. The van der Waals surface area contributed by atoms with Crippen LogP contribution in [0.4, 0.5) is 0 Å². The molecule has 2 aliphatic rings. The molecule has 1 saturated heterocycles. The first-order chi connectivity index (χ1) is 12.5. The van der Waals surface area contributed by atoms with Crippen LogP contribution < -0.4 is 4.18 Å². The summed E-state index contributed by atoms with van der Waals surface area (Å²) in [4.78, 5) is 4.18. The highest BCUT2D eigenvalue weighted by Crippen LogP contribution is 2.42. The summed E-state index contributed by atoms with van der Waals surface area (Å²) in [6.07, 6.45) is 5.20. The van der Waals surface area contributed by atoms with Gasteiger partial charge in [-0.2, -0.15) is 8.42 Å². The van der Waals surface area contributed by atoms with Gasteiger partial charge in [-0.3, -0.25) is 0 Å². The lowest BCUT2D eigenvalue weighted by Gasteiger charge is -2.31. The van der Waals surface area contributed by atoms with E-state index in [2.05, 4.69) is 14.3 Å². The van der Waals surface area contributed by atoms with Crippen molar-refractivity contribution >= 4 is 22.2 Å². The summed E-state index contributed by atoms with van der Waals surface area (Å²) in [6.45, 7) is 0.602. The summed E-state index contributed by atoms with van der Waals surface area (Å²) in [5.41, 5.74) is 0.673. The van der Waals surface area contributed by atoms with Crippen LogP contribution in [0, 0.1) is 0 Å². The van der Waals surface area contributed by atoms with E-state index in [-0.39, 0.29) is 11.4 Å². The molecule has 1 aliphatic heterocycles. The molecule has 1 atom stereocenters. The van der Waals surface area contributed by atoms with Crippen LogP contribution in [0.25, 0.3) is 0 Å². The van der Waals surface area contributed by atoms with Gasteiger partial charge in [0.25, 0.3) is 0 Å². The van der Waals surface area contributed by atoms with Crippen molar-refractivity contribution in [3.63, 3.8) is 0 Å². The second kappa shape index (κ2) is 8.87. The number of benzene rings is 1. The van der Waals surface area contributed by atoms with Crippen molar-refractivity contribution in [2.75, 3.05) is 18.8 Å². The van der Waals surface area contributed by atoms with Crippen LogP contribution in [-0.4, -0.2) is 32.8 Å². The highest BCUT2D eigenvalue weighted by atomic mass is 32.3. The fourth-order valence-corrected chi connectivity index (χ4v) is 4.44. The minimum atomic E-state index is -3.83. The van der Waals surface area contributed by atoms with E-state index in [1.54, 1.807) is 24.3 Å². The van der Waals surface area contributed by atoms with Gasteiger partial charge in [0.1, 0.15) is 5.75 Å². The predicted octanol–water partition coefficient (Wildman–Crippen LogP) is 3.26. The largest absolute Gasteiger partial charge is 0.382 e. The maximum Gasteiger partial charge on any atom is 0.321 e. The second-order valence-electron chi connectivity index (χ2n) is 6.25. The van der Waals surface area contributed by atoms with Gasteiger partial charge < -0.3 is 13.7 Å². The Labute approximate surface area is 157 Å². The molecular weight excluding hydrogens is 384 g/mol. The Morgan fingerprint density at radius 2 is 1.92 bits per heavy atom. The van der Waals surface area contributed by atoms with Gasteiger partial charge in [0.05, 0.1) is 31.4 Å². The van der Waals surface area contributed by atoms with Crippen LogP contribution in [0.2, 0.25) is 0 Å². The van der Waals surface area contributed by atoms with E-state index in [0.717, 1.165) is 31.2 Å². The first-order valence-corrected chi connectivity index (χ1v) is 10.8. The van der Waals surface area contributed by atoms with Crippen LogP contribution in [0.15, 0.2) is 24.3 Å². The van der Waals surface area contributed by atoms with E-state index >= 15 is 0 Å². The molecule has 1 unspecified atom stereocenters. The fraction of sp³-hybridized carbons (Fsp3) is 0.625. The van der Waals surface area contributed by atoms with Crippen molar-refractivity contribution in [1.29, 1.82) is 0 Å². The zero-order chi connectivity index (χ0) is 18.5. The molecule has 1 saturated carbocycles. The Balaban J connectivity index is 1.54. The summed E-state index contributed by atoms with van der Waals surface area (Å²) in [6, 6.07) is 6.63. The van der Waals surface area contributed by atoms with E-state index in [1.165, 1.54) is 13.5 Å². The number of hydrogen-bond acceptors (Lipinski definition) is 9. The zero-order valence-electron chi connectivity index (χ0n) is 14.4. The molecule has 26 heavy (non-hydrogen) atoms. The first-order valence-electron chi connectivity index (χ1n) is 8.32. The molecular formula is C16H22O8S2. The summed E-state index contributed by atoms with van der Waals surface area (Å²) in [5.74, 6) is 0.201. The molecule has 0 N–H and O–H groups in total. The molecule has 1 spiro atoms. The molecule has 10 heteroatoms. The van der Waals surface area contributed by atoms with Crippen molar-refractivity contribution < 1.29 is 36.3 Å². The van der Waals surface area contributed by atoms with Crippen molar-refractivity contribution in [3.05, 3.63) is 29.8 Å². The lowest BCUT2D eigenvalue weighted by molar-refractivity contribution is -0.447. The number of hydrogen-bond donors (Lipinski definition) is 0. The number of ether oxygens (including phenoxy) is 2. The summed E-state index contributed by atoms with van der Waals surface area (Å²) >= 11 is 0.540. The Hall–Kier alpha value is -0.880. The lowest BCUT2D eigenvalue weighted by Crippen LogP contribution is -2.33. The highest BCUT2D eigenvalue weighted by molar-refractivity contribution is 8.08. The van der Waals surface area contributed by atoms with Crippen molar-refractivity contribution in [3.8, 4) is 5.75 Å². The van der Waals surface area contributed by atoms with Crippen molar-refractivity contribution in [1.82, 2.24) is 0 Å². The van der Waals surface area contributed by atoms with Gasteiger partial charge in [-0.25, -0.2) is 4.89 Å². The van der Waals surface area contributed by atoms with Crippen LogP contribution >= 0.6 is 12.0 Å². The average Bonchev–Trinajstić information content (AvgIpc) is 3.03. The van der Waals surface area contributed by atoms with Crippen molar-refractivity contribution in [2.45, 2.75) is 44.0 Å². The molecule has 146 valence electrons. The van der Waals surface area contributed by atoms with E-state index in [4.69, 9.17) is 13.7 Å². The van der Waals surface area contributed by atoms with Crippen LogP contribution in [0.1, 0.15) is 44.0 Å². The predicted molar refractivity (Wildman–Crippen MR) is 93.2 cm³/mol. The van der Waals surface area contributed by atoms with Crippen LogP contribution in [-0.2, 0) is 33.9 Å². The molecule has 0 bridgehead atoms. The topological polar surface area (TPSA) is 89.5 Å². The van der Waals surface area contributed by atoms with E-state index in [1.807, 2.05) is 0 Å². The molecule has 0 aromatic heterocycles. The number of rotatable bonds is 8. The standard InChI is InChI=1S/C16H22O8S2/c1-19-23-24-25-12-26(17,18)22-14-7-5-13(6-8-14)15-20-11-16(21-15)9-3-2-4-10-16/h5-8,15H,2-4,9-12H2,1H3. The normalized spacial score (nSPS) is 22.6. The smallest absolute Gasteiger partial charge is 0.321 e. The average molecular weight is 406 g/mol. The molecule has 2 fully saturated rings. The molecule has 3 rings (SSSR count). The van der Waals surface area contributed by atoms with Crippen LogP contribution in [0.3, 0.4) is 0 Å². The zero-order valence-corrected chi connectivity index (χ0v) is 16.1. The van der Waals surface area contributed by atoms with E-state index in [0.29, 0.717) is 18.6 Å². The molecule has 1 aliphatic carbocycles. The van der Waals surface area contributed by atoms with Gasteiger partial charge in [-0.1, -0.05) is 36.4 Å². The third kappa shape index (κ3) is 5.32. The molecule has 1 aromatic rings. The molecule has 0 radical (unpaired) electrons. The quantitative estimate of drug-likeness (QED) is 0.212. The van der Waals surface area contributed by atoms with Gasteiger partial charge in [0.2, 0.25) is 0 Å². The first kappa shape index (κ1) is 19.9. The van der Waals surface area contributed by atoms with Gasteiger partial charge in [0, 0.05) is 5.56 Å². The van der Waals surface area contributed by atoms with E-state index in [9.17, 15) is 8.42 Å². The van der Waals surface area contributed by atoms with Crippen molar-refractivity contribution in [2.24, 2.45) is 0 Å². The summed E-state index contributed by atoms with van der Waals surface area (Å²) in [5, 5.41) is 3.67. The molecule has 1 aromatic carbocycles. The fourth-order valence-electron chi connectivity index (χ4n) is 3.12. The highest BCUT2D eigenvalue weighted by Gasteiger charge is 2.42. The Kier molecular flexibility index (Phi) is 6.78. The summed E-state index contributed by atoms with van der Waals surface area (Å²) < 4.78 is 45.1. The maximum atomic E-state index is 11.8.